The average Bonchev–Trinajstić information content (AvgIpc) is 3.33. The van der Waals surface area contributed by atoms with Crippen molar-refractivity contribution in [1.82, 2.24) is 9.88 Å². The molecule has 5 rings (SSSR count). The van der Waals surface area contributed by atoms with Crippen molar-refractivity contribution in [3.63, 3.8) is 0 Å². The minimum absolute atomic E-state index is 0.0674. The van der Waals surface area contributed by atoms with E-state index in [2.05, 4.69) is 11.1 Å². The highest BCUT2D eigenvalue weighted by Crippen LogP contribution is 2.32. The SMILES string of the molecule is O=C1c2ccccc2C(=O)N1[C@H]1COC[C@H]1Cc1nc2ccccc2s1. The lowest BCUT2D eigenvalue weighted by atomic mass is 9.98. The first-order valence-electron chi connectivity index (χ1n) is 8.61. The van der Waals surface area contributed by atoms with Gasteiger partial charge >= 0.3 is 0 Å². The number of thiazole rings is 1. The Morgan fingerprint density at radius 3 is 2.42 bits per heavy atom. The first-order valence-corrected chi connectivity index (χ1v) is 9.43. The maximum atomic E-state index is 12.8. The molecule has 0 radical (unpaired) electrons. The van der Waals surface area contributed by atoms with Crippen LogP contribution in [-0.4, -0.2) is 41.0 Å². The van der Waals surface area contributed by atoms with E-state index in [9.17, 15) is 9.59 Å². The van der Waals surface area contributed by atoms with Crippen molar-refractivity contribution in [1.29, 1.82) is 0 Å². The first kappa shape index (κ1) is 15.7. The summed E-state index contributed by atoms with van der Waals surface area (Å²) in [5, 5.41) is 1.02. The molecule has 0 spiro atoms. The fraction of sp³-hybridized carbons (Fsp3) is 0.250. The molecule has 5 nitrogen and oxygen atoms in total. The van der Waals surface area contributed by atoms with Crippen molar-refractivity contribution in [2.75, 3.05) is 13.2 Å². The number of hydrogen-bond donors (Lipinski definition) is 0. The maximum Gasteiger partial charge on any atom is 0.261 e. The number of nitrogens with zero attached hydrogens (tertiary/aromatic N) is 2. The molecule has 0 saturated carbocycles. The summed E-state index contributed by atoms with van der Waals surface area (Å²) in [6.45, 7) is 0.926. The van der Waals surface area contributed by atoms with Crippen LogP contribution in [0.25, 0.3) is 10.2 Å². The predicted molar refractivity (Wildman–Crippen MR) is 98.4 cm³/mol. The number of carbonyl (C=O) groups excluding carboxylic acids is 2. The Hall–Kier alpha value is -2.57. The van der Waals surface area contributed by atoms with E-state index in [1.165, 1.54) is 4.90 Å². The number of carbonyl (C=O) groups is 2. The Balaban J connectivity index is 1.43. The van der Waals surface area contributed by atoms with Crippen LogP contribution < -0.4 is 0 Å². The second-order valence-corrected chi connectivity index (χ2v) is 7.79. The molecule has 3 heterocycles. The minimum Gasteiger partial charge on any atom is -0.379 e. The van der Waals surface area contributed by atoms with Crippen LogP contribution in [0, 0.1) is 5.92 Å². The second kappa shape index (κ2) is 6.00. The van der Waals surface area contributed by atoms with E-state index in [1.807, 2.05) is 18.2 Å². The van der Waals surface area contributed by atoms with E-state index >= 15 is 0 Å². The van der Waals surface area contributed by atoms with Crippen LogP contribution in [0.4, 0.5) is 0 Å². The van der Waals surface area contributed by atoms with Gasteiger partial charge in [0.15, 0.2) is 0 Å². The number of amides is 2. The Kier molecular flexibility index (Phi) is 3.62. The quantitative estimate of drug-likeness (QED) is 0.670. The van der Waals surface area contributed by atoms with Gasteiger partial charge in [-0.25, -0.2) is 4.98 Å². The summed E-state index contributed by atoms with van der Waals surface area (Å²) in [5.41, 5.74) is 1.97. The third kappa shape index (κ3) is 2.37. The van der Waals surface area contributed by atoms with Gasteiger partial charge in [-0.1, -0.05) is 24.3 Å². The molecule has 26 heavy (non-hydrogen) atoms. The smallest absolute Gasteiger partial charge is 0.261 e. The molecule has 6 heteroatoms. The van der Waals surface area contributed by atoms with Gasteiger partial charge in [-0.3, -0.25) is 14.5 Å². The number of aromatic nitrogens is 1. The zero-order valence-electron chi connectivity index (χ0n) is 13.9. The van der Waals surface area contributed by atoms with Crippen LogP contribution in [0.1, 0.15) is 25.7 Å². The fourth-order valence-corrected chi connectivity index (χ4v) is 4.87. The highest BCUT2D eigenvalue weighted by molar-refractivity contribution is 7.18. The third-order valence-corrected chi connectivity index (χ3v) is 6.16. The largest absolute Gasteiger partial charge is 0.379 e. The molecule has 1 fully saturated rings. The van der Waals surface area contributed by atoms with Gasteiger partial charge < -0.3 is 4.74 Å². The lowest BCUT2D eigenvalue weighted by Gasteiger charge is -2.25. The fourth-order valence-electron chi connectivity index (χ4n) is 3.81. The standard InChI is InChI=1S/C20H16N2O3S/c23-19-13-5-1-2-6-14(13)20(24)22(19)16-11-25-10-12(16)9-18-21-15-7-3-4-8-17(15)26-18/h1-8,12,16H,9-11H2/t12-,16+/m1/s1. The molecule has 0 aliphatic carbocycles. The van der Waals surface area contributed by atoms with Crippen molar-refractivity contribution in [3.8, 4) is 0 Å². The topological polar surface area (TPSA) is 59.5 Å². The molecule has 2 aliphatic heterocycles. The van der Waals surface area contributed by atoms with Gasteiger partial charge in [-0.2, -0.15) is 0 Å². The third-order valence-electron chi connectivity index (χ3n) is 5.10. The van der Waals surface area contributed by atoms with Crippen LogP contribution in [0.3, 0.4) is 0 Å². The molecular formula is C20H16N2O3S. The summed E-state index contributed by atoms with van der Waals surface area (Å²) >= 11 is 1.66. The van der Waals surface area contributed by atoms with Crippen molar-refractivity contribution < 1.29 is 14.3 Å². The lowest BCUT2D eigenvalue weighted by molar-refractivity contribution is 0.0542. The van der Waals surface area contributed by atoms with Gasteiger partial charge in [0.2, 0.25) is 0 Å². The molecule has 2 aromatic carbocycles. The molecule has 0 bridgehead atoms. The molecule has 1 saturated heterocycles. The highest BCUT2D eigenvalue weighted by Gasteiger charge is 2.45. The van der Waals surface area contributed by atoms with Gasteiger partial charge in [-0.15, -0.1) is 11.3 Å². The summed E-state index contributed by atoms with van der Waals surface area (Å²) in [6.07, 6.45) is 0.706. The van der Waals surface area contributed by atoms with Gasteiger partial charge in [0, 0.05) is 12.3 Å². The van der Waals surface area contributed by atoms with Gasteiger partial charge in [-0.05, 0) is 24.3 Å². The Morgan fingerprint density at radius 2 is 1.69 bits per heavy atom. The van der Waals surface area contributed by atoms with E-state index in [0.29, 0.717) is 30.8 Å². The summed E-state index contributed by atoms with van der Waals surface area (Å²) in [7, 11) is 0. The predicted octanol–water partition coefficient (Wildman–Crippen LogP) is 3.15. The molecule has 1 aromatic heterocycles. The highest BCUT2D eigenvalue weighted by atomic mass is 32.1. The summed E-state index contributed by atoms with van der Waals surface area (Å²) in [5.74, 6) is -0.358. The van der Waals surface area contributed by atoms with E-state index in [-0.39, 0.29) is 23.8 Å². The van der Waals surface area contributed by atoms with Crippen LogP contribution in [0.5, 0.6) is 0 Å². The molecule has 3 aromatic rings. The number of hydrogen-bond acceptors (Lipinski definition) is 5. The summed E-state index contributed by atoms with van der Waals surface area (Å²) in [6, 6.07) is 14.8. The zero-order valence-corrected chi connectivity index (χ0v) is 14.7. The van der Waals surface area contributed by atoms with Gasteiger partial charge in [0.05, 0.1) is 45.6 Å². The maximum absolute atomic E-state index is 12.8. The van der Waals surface area contributed by atoms with Gasteiger partial charge in [0.1, 0.15) is 0 Å². The molecule has 0 N–H and O–H groups in total. The summed E-state index contributed by atoms with van der Waals surface area (Å²) < 4.78 is 6.81. The first-order chi connectivity index (χ1) is 12.7. The van der Waals surface area contributed by atoms with Crippen LogP contribution in [0.2, 0.25) is 0 Å². The van der Waals surface area contributed by atoms with E-state index in [1.54, 1.807) is 35.6 Å². The van der Waals surface area contributed by atoms with Crippen molar-refractivity contribution in [2.45, 2.75) is 12.5 Å². The van der Waals surface area contributed by atoms with Crippen LogP contribution >= 0.6 is 11.3 Å². The minimum atomic E-state index is -0.241. The second-order valence-electron chi connectivity index (χ2n) is 6.67. The number of imide groups is 1. The molecule has 130 valence electrons. The summed E-state index contributed by atoms with van der Waals surface area (Å²) in [4.78, 5) is 31.6. The van der Waals surface area contributed by atoms with Crippen LogP contribution in [-0.2, 0) is 11.2 Å². The number of fused-ring (bicyclic) bond motifs is 2. The monoisotopic (exact) mass is 364 g/mol. The van der Waals surface area contributed by atoms with Crippen molar-refractivity contribution in [3.05, 3.63) is 64.7 Å². The van der Waals surface area contributed by atoms with Crippen LogP contribution in [0.15, 0.2) is 48.5 Å². The normalized spacial score (nSPS) is 22.4. The lowest BCUT2D eigenvalue weighted by Crippen LogP contribution is -2.44. The molecule has 2 aliphatic rings. The molecule has 0 unspecified atom stereocenters. The van der Waals surface area contributed by atoms with E-state index in [0.717, 1.165) is 15.2 Å². The zero-order chi connectivity index (χ0) is 17.7. The van der Waals surface area contributed by atoms with Crippen molar-refractivity contribution in [2.24, 2.45) is 5.92 Å². The Labute approximate surface area is 154 Å². The Morgan fingerprint density at radius 1 is 1.00 bits per heavy atom. The van der Waals surface area contributed by atoms with E-state index < -0.39 is 0 Å². The number of para-hydroxylation sites is 1. The van der Waals surface area contributed by atoms with E-state index in [4.69, 9.17) is 4.74 Å². The van der Waals surface area contributed by atoms with Crippen molar-refractivity contribution >= 4 is 33.4 Å². The number of benzene rings is 2. The Bertz CT molecular complexity index is 961. The molecule has 2 amide bonds. The number of rotatable bonds is 3. The molecule has 2 atom stereocenters. The average molecular weight is 364 g/mol. The molecular weight excluding hydrogens is 348 g/mol. The van der Waals surface area contributed by atoms with Gasteiger partial charge in [0.25, 0.3) is 11.8 Å². The number of ether oxygens (including phenoxy) is 1.